The molecule has 1 aliphatic carbocycles. The van der Waals surface area contributed by atoms with Crippen molar-refractivity contribution in [2.45, 2.75) is 48.6 Å². The molecule has 1 aliphatic heterocycles. The summed E-state index contributed by atoms with van der Waals surface area (Å²) >= 11 is 12.3. The molecule has 1 heterocycles. The SMILES string of the molecule is NC(C1CCNCC1)C1CC(Cl)C(Cl)CC1O. The molecule has 0 aromatic heterocycles. The molecule has 2 rings (SSSR count). The van der Waals surface area contributed by atoms with Gasteiger partial charge < -0.3 is 16.2 Å². The third-order valence-corrected chi connectivity index (χ3v) is 5.37. The second-order valence-corrected chi connectivity index (χ2v) is 6.52. The van der Waals surface area contributed by atoms with Crippen LogP contribution >= 0.6 is 23.2 Å². The van der Waals surface area contributed by atoms with E-state index >= 15 is 0 Å². The van der Waals surface area contributed by atoms with Gasteiger partial charge in [0.15, 0.2) is 0 Å². The number of nitrogens with one attached hydrogen (secondary N) is 1. The Morgan fingerprint density at radius 2 is 1.71 bits per heavy atom. The minimum atomic E-state index is -0.391. The summed E-state index contributed by atoms with van der Waals surface area (Å²) in [5, 5.41) is 13.3. The van der Waals surface area contributed by atoms with E-state index in [0.29, 0.717) is 12.3 Å². The Morgan fingerprint density at radius 1 is 1.12 bits per heavy atom. The summed E-state index contributed by atoms with van der Waals surface area (Å²) in [6.07, 6.45) is 3.11. The first kappa shape index (κ1) is 13.9. The predicted molar refractivity (Wildman–Crippen MR) is 71.6 cm³/mol. The summed E-state index contributed by atoms with van der Waals surface area (Å²) in [7, 11) is 0. The lowest BCUT2D eigenvalue weighted by molar-refractivity contribution is 0.0426. The fourth-order valence-electron chi connectivity index (χ4n) is 3.11. The first-order chi connectivity index (χ1) is 8.09. The highest BCUT2D eigenvalue weighted by atomic mass is 35.5. The van der Waals surface area contributed by atoms with Gasteiger partial charge in [0, 0.05) is 12.0 Å². The predicted octanol–water partition coefficient (Wildman–Crippen LogP) is 1.30. The van der Waals surface area contributed by atoms with Crippen LogP contribution in [0.3, 0.4) is 0 Å². The number of hydrogen-bond acceptors (Lipinski definition) is 3. The van der Waals surface area contributed by atoms with Crippen molar-refractivity contribution in [2.75, 3.05) is 13.1 Å². The molecule has 0 amide bonds. The molecule has 0 spiro atoms. The van der Waals surface area contributed by atoms with Crippen molar-refractivity contribution in [1.29, 1.82) is 0 Å². The topological polar surface area (TPSA) is 58.3 Å². The Bertz CT molecular complexity index is 249. The molecule has 4 N–H and O–H groups in total. The molecule has 1 saturated heterocycles. The van der Waals surface area contributed by atoms with Crippen LogP contribution in [0.5, 0.6) is 0 Å². The van der Waals surface area contributed by atoms with Crippen LogP contribution in [0.1, 0.15) is 25.7 Å². The minimum absolute atomic E-state index is 0.0533. The number of aliphatic hydroxyl groups excluding tert-OH is 1. The fraction of sp³-hybridized carbons (Fsp3) is 1.00. The maximum Gasteiger partial charge on any atom is 0.0598 e. The van der Waals surface area contributed by atoms with E-state index in [0.717, 1.165) is 32.4 Å². The molecule has 100 valence electrons. The zero-order chi connectivity index (χ0) is 12.4. The van der Waals surface area contributed by atoms with Crippen LogP contribution in [0.2, 0.25) is 0 Å². The Hall–Kier alpha value is 0.460. The summed E-state index contributed by atoms with van der Waals surface area (Å²) in [5.74, 6) is 0.613. The Morgan fingerprint density at radius 3 is 2.35 bits per heavy atom. The van der Waals surface area contributed by atoms with E-state index < -0.39 is 6.10 Å². The van der Waals surface area contributed by atoms with Crippen LogP contribution in [0.15, 0.2) is 0 Å². The second-order valence-electron chi connectivity index (χ2n) is 5.40. The number of halogens is 2. The molecular weight excluding hydrogens is 259 g/mol. The summed E-state index contributed by atoms with van der Waals surface area (Å²) < 4.78 is 0. The van der Waals surface area contributed by atoms with Crippen molar-refractivity contribution >= 4 is 23.2 Å². The summed E-state index contributed by atoms with van der Waals surface area (Å²) in [6, 6.07) is 0.0533. The number of rotatable bonds is 2. The normalized spacial score (nSPS) is 42.4. The molecule has 0 aromatic rings. The third kappa shape index (κ3) is 3.27. The first-order valence-electron chi connectivity index (χ1n) is 6.52. The lowest BCUT2D eigenvalue weighted by Crippen LogP contribution is -2.50. The highest BCUT2D eigenvalue weighted by Crippen LogP contribution is 2.36. The Labute approximate surface area is 113 Å². The molecular formula is C12H22Cl2N2O. The van der Waals surface area contributed by atoms with Gasteiger partial charge in [-0.2, -0.15) is 0 Å². The van der Waals surface area contributed by atoms with E-state index in [1.54, 1.807) is 0 Å². The largest absolute Gasteiger partial charge is 0.393 e. The maximum absolute atomic E-state index is 10.1. The molecule has 2 aliphatic rings. The molecule has 2 fully saturated rings. The van der Waals surface area contributed by atoms with Crippen molar-refractivity contribution in [3.05, 3.63) is 0 Å². The van der Waals surface area contributed by atoms with Gasteiger partial charge in [0.25, 0.3) is 0 Å². The molecule has 5 unspecified atom stereocenters. The van der Waals surface area contributed by atoms with Gasteiger partial charge in [-0.1, -0.05) is 0 Å². The zero-order valence-corrected chi connectivity index (χ0v) is 11.5. The van der Waals surface area contributed by atoms with E-state index in [1.165, 1.54) is 0 Å². The number of aliphatic hydroxyl groups is 1. The van der Waals surface area contributed by atoms with Crippen molar-refractivity contribution in [1.82, 2.24) is 5.32 Å². The quantitative estimate of drug-likeness (QED) is 0.669. The van der Waals surface area contributed by atoms with Gasteiger partial charge in [-0.25, -0.2) is 0 Å². The van der Waals surface area contributed by atoms with Crippen molar-refractivity contribution < 1.29 is 5.11 Å². The van der Waals surface area contributed by atoms with Gasteiger partial charge in [-0.15, -0.1) is 23.2 Å². The lowest BCUT2D eigenvalue weighted by Gasteiger charge is -2.41. The smallest absolute Gasteiger partial charge is 0.0598 e. The fourth-order valence-corrected chi connectivity index (χ4v) is 3.70. The van der Waals surface area contributed by atoms with Crippen LogP contribution in [0.25, 0.3) is 0 Å². The molecule has 17 heavy (non-hydrogen) atoms. The van der Waals surface area contributed by atoms with E-state index in [9.17, 15) is 5.11 Å². The van der Waals surface area contributed by atoms with Gasteiger partial charge in [-0.05, 0) is 44.7 Å². The van der Waals surface area contributed by atoms with Crippen LogP contribution < -0.4 is 11.1 Å². The van der Waals surface area contributed by atoms with Gasteiger partial charge >= 0.3 is 0 Å². The number of piperidine rings is 1. The average Bonchev–Trinajstić information content (AvgIpc) is 2.34. The van der Waals surface area contributed by atoms with Crippen molar-refractivity contribution in [3.8, 4) is 0 Å². The van der Waals surface area contributed by atoms with Crippen LogP contribution in [0.4, 0.5) is 0 Å². The molecule has 0 aromatic carbocycles. The van der Waals surface area contributed by atoms with Crippen LogP contribution in [-0.4, -0.2) is 41.1 Å². The van der Waals surface area contributed by atoms with Crippen LogP contribution in [-0.2, 0) is 0 Å². The Kier molecular flexibility index (Phi) is 4.96. The van der Waals surface area contributed by atoms with E-state index in [-0.39, 0.29) is 22.7 Å². The lowest BCUT2D eigenvalue weighted by atomic mass is 9.74. The second kappa shape index (κ2) is 6.07. The molecule has 0 bridgehead atoms. The highest BCUT2D eigenvalue weighted by Gasteiger charge is 2.39. The minimum Gasteiger partial charge on any atom is -0.393 e. The highest BCUT2D eigenvalue weighted by molar-refractivity contribution is 6.30. The standard InChI is InChI=1S/C12H22Cl2N2O/c13-9-5-8(11(17)6-10(9)14)12(15)7-1-3-16-4-2-7/h7-12,16-17H,1-6,15H2. The molecule has 5 heteroatoms. The van der Waals surface area contributed by atoms with E-state index in [1.807, 2.05) is 0 Å². The molecule has 3 nitrogen and oxygen atoms in total. The monoisotopic (exact) mass is 280 g/mol. The van der Waals surface area contributed by atoms with Gasteiger partial charge in [-0.3, -0.25) is 0 Å². The Balaban J connectivity index is 1.95. The number of nitrogens with two attached hydrogens (primary N) is 1. The van der Waals surface area contributed by atoms with Crippen LogP contribution in [0, 0.1) is 11.8 Å². The zero-order valence-electron chi connectivity index (χ0n) is 9.99. The summed E-state index contributed by atoms with van der Waals surface area (Å²) in [4.78, 5) is 0. The van der Waals surface area contributed by atoms with Gasteiger partial charge in [0.1, 0.15) is 0 Å². The first-order valence-corrected chi connectivity index (χ1v) is 7.39. The number of hydrogen-bond donors (Lipinski definition) is 3. The summed E-state index contributed by atoms with van der Waals surface area (Å²) in [5.41, 5.74) is 6.33. The van der Waals surface area contributed by atoms with Gasteiger partial charge in [0.05, 0.1) is 16.9 Å². The third-order valence-electron chi connectivity index (χ3n) is 4.27. The summed E-state index contributed by atoms with van der Waals surface area (Å²) in [6.45, 7) is 2.06. The van der Waals surface area contributed by atoms with Crippen molar-refractivity contribution in [3.63, 3.8) is 0 Å². The average molecular weight is 281 g/mol. The van der Waals surface area contributed by atoms with E-state index in [4.69, 9.17) is 28.9 Å². The molecule has 1 saturated carbocycles. The number of alkyl halides is 2. The van der Waals surface area contributed by atoms with Crippen molar-refractivity contribution in [2.24, 2.45) is 17.6 Å². The molecule has 0 radical (unpaired) electrons. The van der Waals surface area contributed by atoms with E-state index in [2.05, 4.69) is 5.32 Å². The maximum atomic E-state index is 10.1. The van der Waals surface area contributed by atoms with Gasteiger partial charge in [0.2, 0.25) is 0 Å². The molecule has 5 atom stereocenters.